The highest BCUT2D eigenvalue weighted by Gasteiger charge is 2.47. The van der Waals surface area contributed by atoms with E-state index < -0.39 is 39.9 Å². The molecule has 0 aliphatic carbocycles. The first-order valence-corrected chi connectivity index (χ1v) is 12.1. The monoisotopic (exact) mass is 515 g/mol. The lowest BCUT2D eigenvalue weighted by Gasteiger charge is -2.26. The zero-order valence-electron chi connectivity index (χ0n) is 18.1. The number of anilines is 1. The summed E-state index contributed by atoms with van der Waals surface area (Å²) in [7, 11) is -5.93. The van der Waals surface area contributed by atoms with Gasteiger partial charge in [-0.25, -0.2) is 4.72 Å². The Kier molecular flexibility index (Phi) is 7.37. The number of halogens is 4. The van der Waals surface area contributed by atoms with Crippen LogP contribution in [0.4, 0.5) is 18.9 Å². The van der Waals surface area contributed by atoms with Crippen molar-refractivity contribution in [2.45, 2.75) is 31.8 Å². The second kappa shape index (κ2) is 9.75. The van der Waals surface area contributed by atoms with Crippen LogP contribution < -0.4 is 9.62 Å². The summed E-state index contributed by atoms with van der Waals surface area (Å²) in [6.07, 6.45) is 0.543. The Morgan fingerprint density at radius 1 is 1.21 bits per heavy atom. The highest BCUT2D eigenvalue weighted by atomic mass is 35.5. The van der Waals surface area contributed by atoms with Crippen LogP contribution in [0.2, 0.25) is 5.02 Å². The summed E-state index contributed by atoms with van der Waals surface area (Å²) in [4.78, 5) is 31.5. The molecule has 34 heavy (non-hydrogen) atoms. The number of benzene rings is 2. The Morgan fingerprint density at radius 2 is 1.85 bits per heavy atom. The third kappa shape index (κ3) is 5.25. The molecule has 12 heteroatoms. The van der Waals surface area contributed by atoms with E-state index in [1.807, 2.05) is 6.92 Å². The van der Waals surface area contributed by atoms with Gasteiger partial charge in [0.05, 0.1) is 11.4 Å². The van der Waals surface area contributed by atoms with E-state index in [-0.39, 0.29) is 11.6 Å². The van der Waals surface area contributed by atoms with E-state index in [2.05, 4.69) is 4.99 Å². The molecule has 0 spiro atoms. The number of carbonyl (C=O) groups is 2. The molecule has 3 rings (SSSR count). The maximum Gasteiger partial charge on any atom is 0.516 e. The van der Waals surface area contributed by atoms with Crippen LogP contribution in [0, 0.1) is 5.92 Å². The molecule has 1 N–H and O–H groups in total. The molecule has 1 heterocycles. The van der Waals surface area contributed by atoms with Gasteiger partial charge in [0, 0.05) is 16.1 Å². The van der Waals surface area contributed by atoms with Crippen molar-refractivity contribution < 1.29 is 31.2 Å². The van der Waals surface area contributed by atoms with Crippen LogP contribution in [0.1, 0.15) is 31.4 Å². The summed E-state index contributed by atoms with van der Waals surface area (Å²) in [6.45, 7) is 2.66. The van der Waals surface area contributed by atoms with Crippen LogP contribution in [0.5, 0.6) is 0 Å². The molecule has 1 aliphatic rings. The van der Waals surface area contributed by atoms with Gasteiger partial charge in [0.15, 0.2) is 0 Å². The largest absolute Gasteiger partial charge is 0.516 e. The van der Waals surface area contributed by atoms with Gasteiger partial charge in [-0.3, -0.25) is 14.6 Å². The molecule has 2 atom stereocenters. The molecule has 1 aliphatic heterocycles. The predicted octanol–water partition coefficient (Wildman–Crippen LogP) is 3.90. The Bertz CT molecular complexity index is 1230. The minimum absolute atomic E-state index is 0.169. The van der Waals surface area contributed by atoms with Gasteiger partial charge >= 0.3 is 15.5 Å². The summed E-state index contributed by atoms with van der Waals surface area (Å²) in [6, 6.07) is 12.4. The number of nitrogens with one attached hydrogen (secondary N) is 1. The molecule has 0 saturated heterocycles. The lowest BCUT2D eigenvalue weighted by atomic mass is 9.98. The Balaban J connectivity index is 2.13. The van der Waals surface area contributed by atoms with Crippen LogP contribution in [0.25, 0.3) is 0 Å². The van der Waals surface area contributed by atoms with Crippen molar-refractivity contribution in [2.75, 3.05) is 11.4 Å². The molecule has 0 fully saturated rings. The molecule has 7 nitrogen and oxygen atoms in total. The Hall–Kier alpha value is -2.92. The lowest BCUT2D eigenvalue weighted by molar-refractivity contribution is -0.124. The molecule has 2 aromatic rings. The minimum Gasteiger partial charge on any atom is -0.300 e. The van der Waals surface area contributed by atoms with E-state index in [4.69, 9.17) is 11.6 Å². The van der Waals surface area contributed by atoms with E-state index in [1.165, 1.54) is 18.2 Å². The zero-order chi connectivity index (χ0) is 25.3. The zero-order valence-corrected chi connectivity index (χ0v) is 19.7. The summed E-state index contributed by atoms with van der Waals surface area (Å²) in [5.74, 6) is -2.46. The molecular formula is C22H21ClF3N3O4S. The fourth-order valence-corrected chi connectivity index (χ4v) is 4.09. The number of nitrogens with zero attached hydrogens (tertiary/aromatic N) is 2. The molecule has 182 valence electrons. The maximum atomic E-state index is 13.5. The van der Waals surface area contributed by atoms with Crippen molar-refractivity contribution in [3.63, 3.8) is 0 Å². The van der Waals surface area contributed by atoms with Crippen molar-refractivity contribution in [3.05, 3.63) is 64.7 Å². The first-order chi connectivity index (χ1) is 15.9. The van der Waals surface area contributed by atoms with E-state index in [1.54, 1.807) is 37.3 Å². The number of amides is 2. The van der Waals surface area contributed by atoms with Gasteiger partial charge in [0.1, 0.15) is 12.6 Å². The van der Waals surface area contributed by atoms with Gasteiger partial charge in [0.25, 0.3) is 11.8 Å². The van der Waals surface area contributed by atoms with E-state index in [0.717, 1.165) is 9.62 Å². The Morgan fingerprint density at radius 3 is 2.44 bits per heavy atom. The molecule has 0 aromatic heterocycles. The Labute approximate surface area is 199 Å². The smallest absolute Gasteiger partial charge is 0.300 e. The predicted molar refractivity (Wildman–Crippen MR) is 122 cm³/mol. The van der Waals surface area contributed by atoms with Gasteiger partial charge in [-0.1, -0.05) is 62.2 Å². The second-order valence-corrected chi connectivity index (χ2v) is 9.84. The number of rotatable bonds is 6. The quantitative estimate of drug-likeness (QED) is 0.631. The maximum absolute atomic E-state index is 13.5. The van der Waals surface area contributed by atoms with Crippen LogP contribution in [0.3, 0.4) is 0 Å². The van der Waals surface area contributed by atoms with Crippen LogP contribution >= 0.6 is 11.6 Å². The highest BCUT2D eigenvalue weighted by molar-refractivity contribution is 7.90. The number of benzodiazepines with no additional fused rings is 1. The number of fused-ring (bicyclic) bond motifs is 1. The van der Waals surface area contributed by atoms with Crippen LogP contribution in [-0.2, 0) is 19.6 Å². The standard InChI is InChI=1S/C22H21ClF3N3O4S/c1-3-13(2)19-21(31)29(12-18(30)28-34(32,33)22(24,25)26)17-10-9-15(23)11-16(17)20(27-19)14-7-5-4-6-8-14/h4-11,13,19H,3,12H2,1-2H3,(H,28,30)/t13?,19-/m0/s1. The molecule has 0 radical (unpaired) electrons. The van der Waals surface area contributed by atoms with Crippen molar-refractivity contribution in [1.82, 2.24) is 4.72 Å². The SMILES string of the molecule is CCC(C)[C@@H]1N=C(c2ccccc2)c2cc(Cl)ccc2N(CC(=O)NS(=O)(=O)C(F)(F)F)C1=O. The molecule has 2 amide bonds. The minimum atomic E-state index is -5.93. The van der Waals surface area contributed by atoms with Crippen LogP contribution in [0.15, 0.2) is 53.5 Å². The summed E-state index contributed by atoms with van der Waals surface area (Å²) in [5, 5.41) is 0.306. The number of carbonyl (C=O) groups excluding carboxylic acids is 2. The molecule has 1 unspecified atom stereocenters. The highest BCUT2D eigenvalue weighted by Crippen LogP contribution is 2.33. The van der Waals surface area contributed by atoms with Crippen molar-refractivity contribution in [1.29, 1.82) is 0 Å². The first kappa shape index (κ1) is 25.7. The van der Waals surface area contributed by atoms with Gasteiger partial charge in [-0.2, -0.15) is 21.6 Å². The number of hydrogen-bond donors (Lipinski definition) is 1. The molecular weight excluding hydrogens is 495 g/mol. The third-order valence-corrected chi connectivity index (χ3v) is 6.72. The molecule has 2 aromatic carbocycles. The van der Waals surface area contributed by atoms with Gasteiger partial charge < -0.3 is 4.90 Å². The summed E-state index contributed by atoms with van der Waals surface area (Å²) < 4.78 is 62.0. The summed E-state index contributed by atoms with van der Waals surface area (Å²) >= 11 is 6.19. The number of sulfonamides is 1. The molecule has 0 saturated carbocycles. The number of alkyl halides is 3. The van der Waals surface area contributed by atoms with Gasteiger partial charge in [-0.05, 0) is 24.1 Å². The van der Waals surface area contributed by atoms with E-state index in [9.17, 15) is 31.2 Å². The van der Waals surface area contributed by atoms with Crippen molar-refractivity contribution >= 4 is 44.8 Å². The number of hydrogen-bond acceptors (Lipinski definition) is 5. The average molecular weight is 516 g/mol. The van der Waals surface area contributed by atoms with Crippen molar-refractivity contribution in [2.24, 2.45) is 10.9 Å². The fraction of sp³-hybridized carbons (Fsp3) is 0.318. The van der Waals surface area contributed by atoms with Gasteiger partial charge in [0.2, 0.25) is 0 Å². The van der Waals surface area contributed by atoms with Crippen molar-refractivity contribution in [3.8, 4) is 0 Å². The second-order valence-electron chi connectivity index (χ2n) is 7.73. The van der Waals surface area contributed by atoms with Gasteiger partial charge in [-0.15, -0.1) is 0 Å². The fourth-order valence-electron chi connectivity index (χ4n) is 3.44. The first-order valence-electron chi connectivity index (χ1n) is 10.2. The average Bonchev–Trinajstić information content (AvgIpc) is 2.87. The number of aliphatic imine (C=N–C) groups is 1. The summed E-state index contributed by atoms with van der Waals surface area (Å²) in [5.41, 5.74) is -4.05. The third-order valence-electron chi connectivity index (χ3n) is 5.38. The lowest BCUT2D eigenvalue weighted by Crippen LogP contribution is -2.49. The normalized spacial score (nSPS) is 17.5. The topological polar surface area (TPSA) is 95.9 Å². The van der Waals surface area contributed by atoms with Crippen LogP contribution in [-0.4, -0.2) is 44.0 Å². The molecule has 0 bridgehead atoms. The van der Waals surface area contributed by atoms with E-state index >= 15 is 0 Å². The van der Waals surface area contributed by atoms with E-state index in [0.29, 0.717) is 28.3 Å².